The molecule has 1 aromatic heterocycles. The molecule has 0 fully saturated rings. The summed E-state index contributed by atoms with van der Waals surface area (Å²) in [6.45, 7) is 1.98. The fourth-order valence-electron chi connectivity index (χ4n) is 1.96. The molecule has 0 saturated heterocycles. The van der Waals surface area contributed by atoms with Gasteiger partial charge in [-0.25, -0.2) is 9.37 Å². The van der Waals surface area contributed by atoms with Gasteiger partial charge in [-0.3, -0.25) is 0 Å². The molecule has 0 amide bonds. The van der Waals surface area contributed by atoms with E-state index in [2.05, 4.69) is 9.97 Å². The minimum Gasteiger partial charge on any atom is -0.338 e. The molecule has 0 atom stereocenters. The summed E-state index contributed by atoms with van der Waals surface area (Å²) in [6, 6.07) is 10.1. The molecule has 0 bridgehead atoms. The van der Waals surface area contributed by atoms with Crippen LogP contribution in [-0.2, 0) is 0 Å². The maximum Gasteiger partial charge on any atom is 0.138 e. The number of aryl methyl sites for hydroxylation is 1. The predicted octanol–water partition coefficient (Wildman–Crippen LogP) is 4.33. The largest absolute Gasteiger partial charge is 0.338 e. The number of hydrogen-bond donors (Lipinski definition) is 1. The summed E-state index contributed by atoms with van der Waals surface area (Å²) in [5, 5.41) is 0.620. The van der Waals surface area contributed by atoms with E-state index in [1.165, 1.54) is 12.1 Å². The zero-order valence-electron chi connectivity index (χ0n) is 9.67. The van der Waals surface area contributed by atoms with Crippen molar-refractivity contribution in [2.45, 2.75) is 6.92 Å². The van der Waals surface area contributed by atoms with Crippen LogP contribution in [0, 0.1) is 12.7 Å². The SMILES string of the molecule is Cc1cc(Cl)c2nc(-c3ccc(F)cc3)[nH]c2c1. The third-order valence-corrected chi connectivity index (χ3v) is 3.09. The molecule has 18 heavy (non-hydrogen) atoms. The van der Waals surface area contributed by atoms with Gasteiger partial charge in [0.25, 0.3) is 0 Å². The fraction of sp³-hybridized carbons (Fsp3) is 0.0714. The van der Waals surface area contributed by atoms with Gasteiger partial charge >= 0.3 is 0 Å². The lowest BCUT2D eigenvalue weighted by Gasteiger charge is -1.94. The summed E-state index contributed by atoms with van der Waals surface area (Å²) in [7, 11) is 0. The number of H-pyrrole nitrogens is 1. The van der Waals surface area contributed by atoms with Crippen molar-refractivity contribution in [3.63, 3.8) is 0 Å². The van der Waals surface area contributed by atoms with Gasteiger partial charge in [0.1, 0.15) is 17.2 Å². The molecule has 0 aliphatic rings. The molecule has 2 aromatic carbocycles. The minimum atomic E-state index is -0.260. The van der Waals surface area contributed by atoms with Gasteiger partial charge < -0.3 is 4.98 Å². The lowest BCUT2D eigenvalue weighted by atomic mass is 10.2. The lowest BCUT2D eigenvalue weighted by Crippen LogP contribution is -1.80. The van der Waals surface area contributed by atoms with Gasteiger partial charge in [-0.1, -0.05) is 11.6 Å². The Balaban J connectivity index is 2.19. The van der Waals surface area contributed by atoms with Crippen molar-refractivity contribution in [3.8, 4) is 11.4 Å². The third-order valence-electron chi connectivity index (χ3n) is 2.80. The molecule has 0 unspecified atom stereocenters. The normalized spacial score (nSPS) is 11.1. The van der Waals surface area contributed by atoms with Gasteiger partial charge in [-0.05, 0) is 48.9 Å². The van der Waals surface area contributed by atoms with Crippen molar-refractivity contribution >= 4 is 22.6 Å². The number of halogens is 2. The third kappa shape index (κ3) is 1.87. The van der Waals surface area contributed by atoms with Crippen molar-refractivity contribution in [3.05, 3.63) is 52.8 Å². The van der Waals surface area contributed by atoms with Crippen LogP contribution in [0.25, 0.3) is 22.4 Å². The van der Waals surface area contributed by atoms with E-state index < -0.39 is 0 Å². The van der Waals surface area contributed by atoms with Crippen LogP contribution in [0.2, 0.25) is 5.02 Å². The molecule has 2 nitrogen and oxygen atoms in total. The Hall–Kier alpha value is -1.87. The second-order valence-electron chi connectivity index (χ2n) is 4.24. The molecule has 3 rings (SSSR count). The maximum absolute atomic E-state index is 12.9. The number of benzene rings is 2. The first-order valence-corrected chi connectivity index (χ1v) is 5.93. The van der Waals surface area contributed by atoms with E-state index in [1.54, 1.807) is 12.1 Å². The Morgan fingerprint density at radius 1 is 1.17 bits per heavy atom. The topological polar surface area (TPSA) is 28.7 Å². The minimum absolute atomic E-state index is 0.260. The zero-order chi connectivity index (χ0) is 12.7. The van der Waals surface area contributed by atoms with Crippen molar-refractivity contribution in [2.24, 2.45) is 0 Å². The standard InChI is InChI=1S/C14H10ClFN2/c1-8-6-11(15)13-12(7-8)17-14(18-13)9-2-4-10(16)5-3-9/h2-7H,1H3,(H,17,18). The van der Waals surface area contributed by atoms with Gasteiger partial charge in [0.05, 0.1) is 10.5 Å². The monoisotopic (exact) mass is 260 g/mol. The molecule has 3 aromatic rings. The van der Waals surface area contributed by atoms with Gasteiger partial charge in [0.15, 0.2) is 0 Å². The maximum atomic E-state index is 12.9. The molecule has 1 heterocycles. The van der Waals surface area contributed by atoms with Crippen LogP contribution in [0.4, 0.5) is 4.39 Å². The van der Waals surface area contributed by atoms with E-state index in [-0.39, 0.29) is 5.82 Å². The van der Waals surface area contributed by atoms with Crippen LogP contribution >= 0.6 is 11.6 Å². The summed E-state index contributed by atoms with van der Waals surface area (Å²) in [5.41, 5.74) is 3.53. The van der Waals surface area contributed by atoms with Crippen molar-refractivity contribution in [1.29, 1.82) is 0 Å². The quantitative estimate of drug-likeness (QED) is 0.693. The molecule has 0 aliphatic heterocycles. The highest BCUT2D eigenvalue weighted by Gasteiger charge is 2.08. The Labute approximate surface area is 108 Å². The van der Waals surface area contributed by atoms with Crippen LogP contribution < -0.4 is 0 Å². The summed E-state index contributed by atoms with van der Waals surface area (Å²) < 4.78 is 12.9. The molecule has 0 saturated carbocycles. The van der Waals surface area contributed by atoms with E-state index in [9.17, 15) is 4.39 Å². The van der Waals surface area contributed by atoms with Crippen LogP contribution in [0.3, 0.4) is 0 Å². The van der Waals surface area contributed by atoms with Crippen molar-refractivity contribution in [2.75, 3.05) is 0 Å². The molecule has 0 aliphatic carbocycles. The summed E-state index contributed by atoms with van der Waals surface area (Å²) >= 11 is 6.15. The lowest BCUT2D eigenvalue weighted by molar-refractivity contribution is 0.628. The highest BCUT2D eigenvalue weighted by atomic mass is 35.5. The highest BCUT2D eigenvalue weighted by molar-refractivity contribution is 6.35. The molecular weight excluding hydrogens is 251 g/mol. The number of rotatable bonds is 1. The number of fused-ring (bicyclic) bond motifs is 1. The van der Waals surface area contributed by atoms with Gasteiger partial charge in [-0.2, -0.15) is 0 Å². The number of aromatic nitrogens is 2. The molecule has 0 spiro atoms. The average Bonchev–Trinajstić information content (AvgIpc) is 2.74. The van der Waals surface area contributed by atoms with Gasteiger partial charge in [0.2, 0.25) is 0 Å². The average molecular weight is 261 g/mol. The first-order valence-electron chi connectivity index (χ1n) is 5.55. The number of nitrogens with zero attached hydrogens (tertiary/aromatic N) is 1. The Morgan fingerprint density at radius 3 is 2.61 bits per heavy atom. The van der Waals surface area contributed by atoms with E-state index in [4.69, 9.17) is 11.6 Å². The molecule has 1 N–H and O–H groups in total. The van der Waals surface area contributed by atoms with E-state index in [0.717, 1.165) is 22.2 Å². The second kappa shape index (κ2) is 4.10. The first kappa shape index (κ1) is 11.2. The second-order valence-corrected chi connectivity index (χ2v) is 4.64. The van der Waals surface area contributed by atoms with Crippen LogP contribution in [-0.4, -0.2) is 9.97 Å². The van der Waals surface area contributed by atoms with Gasteiger partial charge in [-0.15, -0.1) is 0 Å². The predicted molar refractivity (Wildman–Crippen MR) is 71.2 cm³/mol. The van der Waals surface area contributed by atoms with Crippen LogP contribution in [0.15, 0.2) is 36.4 Å². The summed E-state index contributed by atoms with van der Waals surface area (Å²) in [5.74, 6) is 0.432. The number of aromatic amines is 1. The van der Waals surface area contributed by atoms with E-state index in [0.29, 0.717) is 10.8 Å². The highest BCUT2D eigenvalue weighted by Crippen LogP contribution is 2.27. The van der Waals surface area contributed by atoms with Crippen molar-refractivity contribution < 1.29 is 4.39 Å². The van der Waals surface area contributed by atoms with E-state index >= 15 is 0 Å². The van der Waals surface area contributed by atoms with Gasteiger partial charge in [0, 0.05) is 5.56 Å². The number of hydrogen-bond acceptors (Lipinski definition) is 1. The number of nitrogens with one attached hydrogen (secondary N) is 1. The molecule has 90 valence electrons. The molecule has 4 heteroatoms. The van der Waals surface area contributed by atoms with E-state index in [1.807, 2.05) is 19.1 Å². The first-order chi connectivity index (χ1) is 8.63. The number of imidazole rings is 1. The van der Waals surface area contributed by atoms with Crippen molar-refractivity contribution in [1.82, 2.24) is 9.97 Å². The Bertz CT molecular complexity index is 716. The van der Waals surface area contributed by atoms with Crippen LogP contribution in [0.5, 0.6) is 0 Å². The Kier molecular flexibility index (Phi) is 2.56. The summed E-state index contributed by atoms with van der Waals surface area (Å²) in [6.07, 6.45) is 0. The Morgan fingerprint density at radius 2 is 1.89 bits per heavy atom. The zero-order valence-corrected chi connectivity index (χ0v) is 10.4. The summed E-state index contributed by atoms with van der Waals surface area (Å²) in [4.78, 5) is 7.64. The van der Waals surface area contributed by atoms with Crippen LogP contribution in [0.1, 0.15) is 5.56 Å². The smallest absolute Gasteiger partial charge is 0.138 e. The fourth-order valence-corrected chi connectivity index (χ4v) is 2.27. The molecule has 0 radical (unpaired) electrons. The molecular formula is C14H10ClFN2.